The molecule has 0 aromatic rings. The Balaban J connectivity index is 2.23. The van der Waals surface area contributed by atoms with E-state index < -0.39 is 12.3 Å². The molecule has 5 heteroatoms. The van der Waals surface area contributed by atoms with Gasteiger partial charge in [-0.05, 0) is 50.5 Å². The summed E-state index contributed by atoms with van der Waals surface area (Å²) in [5.74, 6) is 0.725. The fraction of sp³-hybridized carbons (Fsp3) is 0.750. The molecule has 0 aromatic carbocycles. The fourth-order valence-corrected chi connectivity index (χ4v) is 4.04. The summed E-state index contributed by atoms with van der Waals surface area (Å²) in [7, 11) is 0. The van der Waals surface area contributed by atoms with Crippen LogP contribution in [0.2, 0.25) is 0 Å². The maximum atomic E-state index is 12.3. The van der Waals surface area contributed by atoms with Crippen LogP contribution < -0.4 is 0 Å². The van der Waals surface area contributed by atoms with Gasteiger partial charge in [-0.1, -0.05) is 31.9 Å². The highest BCUT2D eigenvalue weighted by atomic mass is 16.7. The van der Waals surface area contributed by atoms with Crippen molar-refractivity contribution < 1.29 is 24.1 Å². The topological polar surface area (TPSA) is 65.0 Å². The molecular formula is C20H32O5. The van der Waals surface area contributed by atoms with Gasteiger partial charge in [0, 0.05) is 19.1 Å². The molecule has 0 unspecified atom stereocenters. The first kappa shape index (κ1) is 20.0. The van der Waals surface area contributed by atoms with Crippen LogP contribution in [0.15, 0.2) is 24.5 Å². The predicted octanol–water partition coefficient (Wildman–Crippen LogP) is 3.58. The van der Waals surface area contributed by atoms with Crippen LogP contribution in [0.3, 0.4) is 0 Å². The van der Waals surface area contributed by atoms with Crippen LogP contribution in [0.4, 0.5) is 0 Å². The van der Waals surface area contributed by atoms with Crippen molar-refractivity contribution >= 4 is 5.97 Å². The lowest BCUT2D eigenvalue weighted by molar-refractivity contribution is -0.184. The van der Waals surface area contributed by atoms with Gasteiger partial charge in [-0.15, -0.1) is 0 Å². The lowest BCUT2D eigenvalue weighted by atomic mass is 9.71. The summed E-state index contributed by atoms with van der Waals surface area (Å²) in [6, 6.07) is 0. The summed E-state index contributed by atoms with van der Waals surface area (Å²) in [4.78, 5) is 12.3. The molecule has 1 saturated carbocycles. The van der Waals surface area contributed by atoms with Crippen molar-refractivity contribution in [3.8, 4) is 0 Å². The molecule has 1 aliphatic heterocycles. The lowest BCUT2D eigenvalue weighted by Gasteiger charge is -2.41. The molecule has 0 amide bonds. The molecule has 0 bridgehead atoms. The van der Waals surface area contributed by atoms with Crippen molar-refractivity contribution in [1.82, 2.24) is 0 Å². The van der Waals surface area contributed by atoms with E-state index in [0.29, 0.717) is 18.9 Å². The molecule has 1 fully saturated rings. The van der Waals surface area contributed by atoms with E-state index in [4.69, 9.17) is 14.2 Å². The van der Waals surface area contributed by atoms with Gasteiger partial charge < -0.3 is 19.3 Å². The molecule has 0 saturated heterocycles. The van der Waals surface area contributed by atoms with E-state index in [1.807, 2.05) is 13.0 Å². The maximum Gasteiger partial charge on any atom is 0.373 e. The third-order valence-electron chi connectivity index (χ3n) is 5.19. The largest absolute Gasteiger partial charge is 0.457 e. The summed E-state index contributed by atoms with van der Waals surface area (Å²) in [5.41, 5.74) is 0. The number of aliphatic hydroxyl groups is 1. The minimum absolute atomic E-state index is 0.157. The van der Waals surface area contributed by atoms with E-state index in [9.17, 15) is 9.90 Å². The van der Waals surface area contributed by atoms with Crippen molar-refractivity contribution in [2.24, 2.45) is 17.8 Å². The van der Waals surface area contributed by atoms with E-state index in [1.54, 1.807) is 6.08 Å². The van der Waals surface area contributed by atoms with Crippen molar-refractivity contribution in [1.29, 1.82) is 0 Å². The van der Waals surface area contributed by atoms with E-state index in [-0.39, 0.29) is 30.8 Å². The van der Waals surface area contributed by atoms with Crippen LogP contribution in [0.5, 0.6) is 0 Å². The number of rotatable bonds is 9. The molecule has 25 heavy (non-hydrogen) atoms. The van der Waals surface area contributed by atoms with Gasteiger partial charge in [0.2, 0.25) is 12.0 Å². The van der Waals surface area contributed by atoms with Gasteiger partial charge in [0.25, 0.3) is 0 Å². The Bertz CT molecular complexity index is 453. The zero-order valence-electron chi connectivity index (χ0n) is 15.3. The van der Waals surface area contributed by atoms with E-state index in [1.165, 1.54) is 32.1 Å². The molecule has 5 nitrogen and oxygen atoms in total. The molecule has 0 radical (unpaired) electrons. The predicted molar refractivity (Wildman–Crippen MR) is 95.6 cm³/mol. The summed E-state index contributed by atoms with van der Waals surface area (Å²) in [6.45, 7) is 6.34. The molecule has 2 aliphatic rings. The van der Waals surface area contributed by atoms with Crippen molar-refractivity contribution in [2.75, 3.05) is 19.8 Å². The minimum atomic E-state index is -0.459. The third kappa shape index (κ3) is 5.58. The Kier molecular flexibility index (Phi) is 8.49. The number of aliphatic hydroxyl groups excluding tert-OH is 1. The van der Waals surface area contributed by atoms with Crippen LogP contribution in [-0.4, -0.2) is 37.2 Å². The SMILES string of the molecule is C=CCOC(=O)C1=C[C@@H](C2CCCCC2)[C@H](CCCO)[C@@H](OCC)O1. The van der Waals surface area contributed by atoms with Gasteiger partial charge in [-0.3, -0.25) is 0 Å². The van der Waals surface area contributed by atoms with Gasteiger partial charge >= 0.3 is 5.97 Å². The van der Waals surface area contributed by atoms with Crippen molar-refractivity contribution in [2.45, 2.75) is 58.2 Å². The molecule has 0 aromatic heterocycles. The molecule has 142 valence electrons. The monoisotopic (exact) mass is 352 g/mol. The van der Waals surface area contributed by atoms with E-state index >= 15 is 0 Å². The molecule has 1 N–H and O–H groups in total. The quantitative estimate of drug-likeness (QED) is 0.507. The Labute approximate surface area is 151 Å². The number of esters is 1. The van der Waals surface area contributed by atoms with E-state index in [0.717, 1.165) is 6.42 Å². The molecule has 2 rings (SSSR count). The number of allylic oxidation sites excluding steroid dienone is 1. The smallest absolute Gasteiger partial charge is 0.373 e. The van der Waals surface area contributed by atoms with Crippen LogP contribution >= 0.6 is 0 Å². The van der Waals surface area contributed by atoms with Crippen molar-refractivity contribution in [3.05, 3.63) is 24.5 Å². The second-order valence-electron chi connectivity index (χ2n) is 6.86. The van der Waals surface area contributed by atoms with Crippen LogP contribution in [0, 0.1) is 17.8 Å². The summed E-state index contributed by atoms with van der Waals surface area (Å²) < 4.78 is 16.9. The van der Waals surface area contributed by atoms with Gasteiger partial charge in [0.05, 0.1) is 0 Å². The Morgan fingerprint density at radius 1 is 1.40 bits per heavy atom. The Hall–Kier alpha value is -1.33. The molecule has 0 spiro atoms. The fourth-order valence-electron chi connectivity index (χ4n) is 4.04. The number of carbonyl (C=O) groups is 1. The zero-order valence-corrected chi connectivity index (χ0v) is 15.3. The lowest BCUT2D eigenvalue weighted by Crippen LogP contribution is -2.40. The number of hydrogen-bond acceptors (Lipinski definition) is 5. The molecule has 3 atom stereocenters. The first-order valence-corrected chi connectivity index (χ1v) is 9.60. The van der Waals surface area contributed by atoms with Crippen LogP contribution in [-0.2, 0) is 19.0 Å². The molecule has 1 heterocycles. The summed E-state index contributed by atoms with van der Waals surface area (Å²) in [5, 5.41) is 9.27. The standard InChI is InChI=1S/C20H32O5/c1-3-13-24-19(22)18-14-17(15-9-6-5-7-10-15)16(11-8-12-21)20(25-18)23-4-2/h3,14-17,20-21H,1,4-13H2,2H3/t16-,17-,20-/m0/s1. The number of hydrogen-bond donors (Lipinski definition) is 1. The van der Waals surface area contributed by atoms with Gasteiger partial charge in [0.15, 0.2) is 0 Å². The number of carbonyl (C=O) groups excluding carboxylic acids is 1. The third-order valence-corrected chi connectivity index (χ3v) is 5.19. The normalized spacial score (nSPS) is 27.3. The Morgan fingerprint density at radius 2 is 2.16 bits per heavy atom. The first-order chi connectivity index (χ1) is 12.2. The highest BCUT2D eigenvalue weighted by molar-refractivity contribution is 5.86. The summed E-state index contributed by atoms with van der Waals surface area (Å²) >= 11 is 0. The molecule has 1 aliphatic carbocycles. The number of ether oxygens (including phenoxy) is 3. The average Bonchev–Trinajstić information content (AvgIpc) is 2.65. The van der Waals surface area contributed by atoms with Crippen molar-refractivity contribution in [3.63, 3.8) is 0 Å². The Morgan fingerprint density at radius 3 is 2.80 bits per heavy atom. The highest BCUT2D eigenvalue weighted by Crippen LogP contribution is 2.42. The minimum Gasteiger partial charge on any atom is -0.457 e. The second kappa shape index (κ2) is 10.6. The average molecular weight is 352 g/mol. The van der Waals surface area contributed by atoms with Gasteiger partial charge in [-0.2, -0.15) is 0 Å². The van der Waals surface area contributed by atoms with E-state index in [2.05, 4.69) is 6.58 Å². The summed E-state index contributed by atoms with van der Waals surface area (Å²) in [6.07, 6.45) is 10.7. The first-order valence-electron chi connectivity index (χ1n) is 9.60. The van der Waals surface area contributed by atoms with Gasteiger partial charge in [-0.25, -0.2) is 4.79 Å². The highest BCUT2D eigenvalue weighted by Gasteiger charge is 2.41. The van der Waals surface area contributed by atoms with Gasteiger partial charge in [0.1, 0.15) is 6.61 Å². The van der Waals surface area contributed by atoms with Crippen LogP contribution in [0.25, 0.3) is 0 Å². The van der Waals surface area contributed by atoms with Crippen LogP contribution in [0.1, 0.15) is 51.9 Å². The molecular weight excluding hydrogens is 320 g/mol. The zero-order chi connectivity index (χ0) is 18.1. The second-order valence-corrected chi connectivity index (χ2v) is 6.86. The maximum absolute atomic E-state index is 12.3.